The molecule has 1 aliphatic rings. The summed E-state index contributed by atoms with van der Waals surface area (Å²) in [6, 6.07) is 11.1. The molecule has 0 aromatic heterocycles. The number of alkyl halides is 1. The van der Waals surface area contributed by atoms with Crippen LogP contribution < -0.4 is 4.74 Å². The highest BCUT2D eigenvalue weighted by Crippen LogP contribution is 2.30. The number of aryl methyl sites for hydroxylation is 2. The predicted octanol–water partition coefficient (Wildman–Crippen LogP) is 5.00. The summed E-state index contributed by atoms with van der Waals surface area (Å²) in [6.07, 6.45) is 3.44. The summed E-state index contributed by atoms with van der Waals surface area (Å²) in [6.45, 7) is 0. The lowest BCUT2D eigenvalue weighted by Crippen LogP contribution is -1.91. The molecule has 0 aliphatic heterocycles. The zero-order chi connectivity index (χ0) is 13.2. The monoisotopic (exact) mass is 320 g/mol. The zero-order valence-electron chi connectivity index (χ0n) is 10.5. The molecule has 0 amide bonds. The Morgan fingerprint density at radius 3 is 2.68 bits per heavy atom. The fourth-order valence-corrected chi connectivity index (χ4v) is 2.80. The Labute approximate surface area is 120 Å². The van der Waals surface area contributed by atoms with E-state index >= 15 is 0 Å². The van der Waals surface area contributed by atoms with Crippen LogP contribution in [-0.4, -0.2) is 0 Å². The summed E-state index contributed by atoms with van der Waals surface area (Å²) >= 11 is 3.31. The molecule has 0 radical (unpaired) electrons. The molecule has 0 unspecified atom stereocenters. The molecule has 0 saturated carbocycles. The van der Waals surface area contributed by atoms with Crippen molar-refractivity contribution in [2.75, 3.05) is 0 Å². The SMILES string of the molecule is Fc1cc(CBr)ccc1Oc1ccc2c(c1)CCC2. The molecule has 2 aromatic carbocycles. The highest BCUT2D eigenvalue weighted by atomic mass is 79.9. The van der Waals surface area contributed by atoms with Crippen LogP contribution in [0.5, 0.6) is 11.5 Å². The molecule has 0 fully saturated rings. The molecule has 0 bridgehead atoms. The zero-order valence-corrected chi connectivity index (χ0v) is 12.0. The molecule has 3 rings (SSSR count). The Bertz CT molecular complexity index is 610. The Morgan fingerprint density at radius 1 is 1.05 bits per heavy atom. The van der Waals surface area contributed by atoms with E-state index in [0.29, 0.717) is 11.1 Å². The first-order valence-electron chi connectivity index (χ1n) is 6.40. The number of benzene rings is 2. The first-order chi connectivity index (χ1) is 9.26. The van der Waals surface area contributed by atoms with Gasteiger partial charge < -0.3 is 4.74 Å². The van der Waals surface area contributed by atoms with E-state index in [1.165, 1.54) is 23.6 Å². The number of hydrogen-bond acceptors (Lipinski definition) is 1. The number of halogens is 2. The average molecular weight is 321 g/mol. The molecule has 2 aromatic rings. The van der Waals surface area contributed by atoms with Gasteiger partial charge in [0.15, 0.2) is 11.6 Å². The molecule has 0 spiro atoms. The number of hydrogen-bond donors (Lipinski definition) is 0. The second kappa shape index (κ2) is 5.33. The van der Waals surface area contributed by atoms with E-state index in [0.717, 1.165) is 18.4 Å². The summed E-state index contributed by atoms with van der Waals surface area (Å²) in [4.78, 5) is 0. The number of rotatable bonds is 3. The molecule has 0 N–H and O–H groups in total. The summed E-state index contributed by atoms with van der Waals surface area (Å²) in [5, 5.41) is 0.642. The van der Waals surface area contributed by atoms with Crippen molar-refractivity contribution in [3.05, 3.63) is 58.9 Å². The first kappa shape index (κ1) is 12.7. The van der Waals surface area contributed by atoms with Crippen molar-refractivity contribution >= 4 is 15.9 Å². The summed E-state index contributed by atoms with van der Waals surface area (Å²) in [7, 11) is 0. The van der Waals surface area contributed by atoms with Crippen LogP contribution >= 0.6 is 15.9 Å². The average Bonchev–Trinajstić information content (AvgIpc) is 2.88. The van der Waals surface area contributed by atoms with E-state index in [9.17, 15) is 4.39 Å². The van der Waals surface area contributed by atoms with Gasteiger partial charge in [-0.05, 0) is 60.2 Å². The van der Waals surface area contributed by atoms with Crippen molar-refractivity contribution in [2.24, 2.45) is 0 Å². The van der Waals surface area contributed by atoms with E-state index < -0.39 is 0 Å². The van der Waals surface area contributed by atoms with Crippen molar-refractivity contribution in [3.8, 4) is 11.5 Å². The van der Waals surface area contributed by atoms with Crippen molar-refractivity contribution in [1.82, 2.24) is 0 Å². The quantitative estimate of drug-likeness (QED) is 0.723. The van der Waals surface area contributed by atoms with E-state index in [1.807, 2.05) is 18.2 Å². The summed E-state index contributed by atoms with van der Waals surface area (Å²) < 4.78 is 19.5. The minimum absolute atomic E-state index is 0.280. The molecule has 19 heavy (non-hydrogen) atoms. The Balaban J connectivity index is 1.85. The smallest absolute Gasteiger partial charge is 0.166 e. The third-order valence-corrected chi connectivity index (χ3v) is 4.10. The lowest BCUT2D eigenvalue weighted by molar-refractivity contribution is 0.441. The lowest BCUT2D eigenvalue weighted by atomic mass is 10.1. The molecule has 0 heterocycles. The fourth-order valence-electron chi connectivity index (χ4n) is 2.45. The number of fused-ring (bicyclic) bond motifs is 1. The minimum atomic E-state index is -0.322. The maximum Gasteiger partial charge on any atom is 0.166 e. The second-order valence-electron chi connectivity index (χ2n) is 4.78. The van der Waals surface area contributed by atoms with Crippen LogP contribution in [0.25, 0.3) is 0 Å². The van der Waals surface area contributed by atoms with Crippen LogP contribution in [0.4, 0.5) is 4.39 Å². The number of ether oxygens (including phenoxy) is 1. The van der Waals surface area contributed by atoms with Gasteiger partial charge in [-0.2, -0.15) is 0 Å². The molecular formula is C16H14BrFO. The first-order valence-corrected chi connectivity index (χ1v) is 7.52. The summed E-state index contributed by atoms with van der Waals surface area (Å²) in [5.74, 6) is 0.672. The van der Waals surface area contributed by atoms with Gasteiger partial charge in [0, 0.05) is 5.33 Å². The largest absolute Gasteiger partial charge is 0.454 e. The highest BCUT2D eigenvalue weighted by Gasteiger charge is 2.12. The van der Waals surface area contributed by atoms with Gasteiger partial charge in [-0.1, -0.05) is 28.1 Å². The second-order valence-corrected chi connectivity index (χ2v) is 5.35. The molecule has 0 atom stereocenters. The Hall–Kier alpha value is -1.35. The fraction of sp³-hybridized carbons (Fsp3) is 0.250. The van der Waals surface area contributed by atoms with E-state index in [-0.39, 0.29) is 11.6 Å². The van der Waals surface area contributed by atoms with Gasteiger partial charge in [0.2, 0.25) is 0 Å². The van der Waals surface area contributed by atoms with Crippen LogP contribution in [0.2, 0.25) is 0 Å². The van der Waals surface area contributed by atoms with Crippen molar-refractivity contribution in [3.63, 3.8) is 0 Å². The normalized spacial score (nSPS) is 13.4. The molecule has 0 saturated heterocycles. The van der Waals surface area contributed by atoms with Crippen molar-refractivity contribution in [2.45, 2.75) is 24.6 Å². The van der Waals surface area contributed by atoms with Gasteiger partial charge in [0.1, 0.15) is 5.75 Å². The summed E-state index contributed by atoms with van der Waals surface area (Å²) in [5.41, 5.74) is 3.62. The maximum absolute atomic E-state index is 13.9. The van der Waals surface area contributed by atoms with E-state index in [1.54, 1.807) is 6.07 Å². The third-order valence-electron chi connectivity index (χ3n) is 3.45. The van der Waals surface area contributed by atoms with Gasteiger partial charge >= 0.3 is 0 Å². The minimum Gasteiger partial charge on any atom is -0.454 e. The third kappa shape index (κ3) is 2.66. The predicted molar refractivity (Wildman–Crippen MR) is 77.6 cm³/mol. The molecule has 1 nitrogen and oxygen atoms in total. The Kier molecular flexibility index (Phi) is 3.56. The lowest BCUT2D eigenvalue weighted by Gasteiger charge is -2.09. The standard InChI is InChI=1S/C16H14BrFO/c17-10-11-4-7-16(15(18)8-11)19-14-6-5-12-2-1-3-13(12)9-14/h4-9H,1-3,10H2. The Morgan fingerprint density at radius 2 is 1.89 bits per heavy atom. The van der Waals surface area contributed by atoms with Crippen LogP contribution in [0.15, 0.2) is 36.4 Å². The highest BCUT2D eigenvalue weighted by molar-refractivity contribution is 9.08. The van der Waals surface area contributed by atoms with Crippen molar-refractivity contribution < 1.29 is 9.13 Å². The van der Waals surface area contributed by atoms with Gasteiger partial charge in [0.25, 0.3) is 0 Å². The van der Waals surface area contributed by atoms with Crippen LogP contribution in [0, 0.1) is 5.82 Å². The molecular weight excluding hydrogens is 307 g/mol. The molecule has 1 aliphatic carbocycles. The van der Waals surface area contributed by atoms with Gasteiger partial charge in [-0.3, -0.25) is 0 Å². The van der Waals surface area contributed by atoms with Gasteiger partial charge in [0.05, 0.1) is 0 Å². The maximum atomic E-state index is 13.9. The van der Waals surface area contributed by atoms with Gasteiger partial charge in [-0.25, -0.2) is 4.39 Å². The van der Waals surface area contributed by atoms with E-state index in [2.05, 4.69) is 22.0 Å². The van der Waals surface area contributed by atoms with Gasteiger partial charge in [-0.15, -0.1) is 0 Å². The van der Waals surface area contributed by atoms with Crippen LogP contribution in [0.1, 0.15) is 23.1 Å². The van der Waals surface area contributed by atoms with Crippen LogP contribution in [0.3, 0.4) is 0 Å². The van der Waals surface area contributed by atoms with Crippen molar-refractivity contribution in [1.29, 1.82) is 0 Å². The molecule has 3 heteroatoms. The molecule has 98 valence electrons. The van der Waals surface area contributed by atoms with E-state index in [4.69, 9.17) is 4.74 Å². The topological polar surface area (TPSA) is 9.23 Å². The van der Waals surface area contributed by atoms with Crippen LogP contribution in [-0.2, 0) is 18.2 Å².